The Morgan fingerprint density at radius 1 is 1.24 bits per heavy atom. The van der Waals surface area contributed by atoms with E-state index in [1.807, 2.05) is 18.2 Å². The molecule has 1 aromatic carbocycles. The molecule has 0 radical (unpaired) electrons. The quantitative estimate of drug-likeness (QED) is 0.854. The Labute approximate surface area is 99.6 Å². The molecule has 17 heavy (non-hydrogen) atoms. The summed E-state index contributed by atoms with van der Waals surface area (Å²) in [6, 6.07) is 5.54. The van der Waals surface area contributed by atoms with Crippen LogP contribution in [0.25, 0.3) is 0 Å². The monoisotopic (exact) mass is 255 g/mol. The number of sulfone groups is 1. The zero-order valence-electron chi connectivity index (χ0n) is 9.18. The third kappa shape index (κ3) is 2.17. The van der Waals surface area contributed by atoms with Gasteiger partial charge in [0.05, 0.1) is 11.5 Å². The summed E-state index contributed by atoms with van der Waals surface area (Å²) in [6.45, 7) is 0.247. The van der Waals surface area contributed by atoms with Crippen LogP contribution in [0.1, 0.15) is 6.42 Å². The average Bonchev–Trinajstić information content (AvgIpc) is 2.84. The Kier molecular flexibility index (Phi) is 2.39. The van der Waals surface area contributed by atoms with Gasteiger partial charge in [-0.25, -0.2) is 8.42 Å². The fraction of sp³-hybridized carbons (Fsp3) is 0.455. The van der Waals surface area contributed by atoms with Crippen molar-refractivity contribution in [1.82, 2.24) is 0 Å². The van der Waals surface area contributed by atoms with Crippen molar-refractivity contribution in [3.05, 3.63) is 18.2 Å². The molecule has 0 saturated carbocycles. The molecule has 1 fully saturated rings. The first-order valence-corrected chi connectivity index (χ1v) is 7.31. The van der Waals surface area contributed by atoms with Crippen molar-refractivity contribution in [3.8, 4) is 11.5 Å². The van der Waals surface area contributed by atoms with E-state index in [0.717, 1.165) is 11.4 Å². The second-order valence-electron chi connectivity index (χ2n) is 4.31. The maximum atomic E-state index is 11.3. The highest BCUT2D eigenvalue weighted by Gasteiger charge is 2.27. The minimum atomic E-state index is -2.85. The lowest BCUT2D eigenvalue weighted by Crippen LogP contribution is -2.20. The second kappa shape index (κ2) is 3.80. The lowest BCUT2D eigenvalue weighted by molar-refractivity contribution is 0.174. The summed E-state index contributed by atoms with van der Waals surface area (Å²) in [5.74, 6) is 1.92. The van der Waals surface area contributed by atoms with E-state index in [1.165, 1.54) is 0 Å². The molecule has 0 aromatic heterocycles. The molecular formula is C11H13NO4S. The van der Waals surface area contributed by atoms with Crippen LogP contribution in [0.3, 0.4) is 0 Å². The fourth-order valence-corrected chi connectivity index (χ4v) is 3.80. The first kappa shape index (κ1) is 10.7. The van der Waals surface area contributed by atoms with E-state index in [0.29, 0.717) is 12.2 Å². The summed E-state index contributed by atoms with van der Waals surface area (Å²) in [5, 5.41) is 3.21. The van der Waals surface area contributed by atoms with E-state index in [4.69, 9.17) is 9.47 Å². The maximum absolute atomic E-state index is 11.3. The summed E-state index contributed by atoms with van der Waals surface area (Å²) in [4.78, 5) is 0. The molecule has 0 bridgehead atoms. The van der Waals surface area contributed by atoms with Gasteiger partial charge in [0, 0.05) is 17.8 Å². The highest BCUT2D eigenvalue weighted by molar-refractivity contribution is 7.91. The molecule has 1 unspecified atom stereocenters. The standard InChI is InChI=1S/C11H13NO4S/c13-17(14)4-3-9(6-17)12-8-1-2-10-11(5-8)16-7-15-10/h1-2,5,9,12H,3-4,6-7H2. The van der Waals surface area contributed by atoms with Gasteiger partial charge in [0.15, 0.2) is 21.3 Å². The molecule has 1 atom stereocenters. The first-order chi connectivity index (χ1) is 8.12. The lowest BCUT2D eigenvalue weighted by Gasteiger charge is -2.12. The molecule has 6 heteroatoms. The number of hydrogen-bond acceptors (Lipinski definition) is 5. The maximum Gasteiger partial charge on any atom is 0.231 e. The highest BCUT2D eigenvalue weighted by atomic mass is 32.2. The molecule has 0 aliphatic carbocycles. The predicted octanol–water partition coefficient (Wildman–Crippen LogP) is 1.01. The lowest BCUT2D eigenvalue weighted by atomic mass is 10.2. The topological polar surface area (TPSA) is 64.6 Å². The van der Waals surface area contributed by atoms with Crippen LogP contribution in [-0.4, -0.2) is 32.8 Å². The number of ether oxygens (including phenoxy) is 2. The Morgan fingerprint density at radius 3 is 2.82 bits per heavy atom. The minimum absolute atomic E-state index is 0.000344. The average molecular weight is 255 g/mol. The van der Waals surface area contributed by atoms with Crippen molar-refractivity contribution in [3.63, 3.8) is 0 Å². The fourth-order valence-electron chi connectivity index (χ4n) is 2.13. The number of rotatable bonds is 2. The smallest absolute Gasteiger partial charge is 0.231 e. The second-order valence-corrected chi connectivity index (χ2v) is 6.54. The van der Waals surface area contributed by atoms with Crippen molar-refractivity contribution in [1.29, 1.82) is 0 Å². The third-order valence-electron chi connectivity index (χ3n) is 2.98. The number of nitrogens with one attached hydrogen (secondary N) is 1. The molecule has 3 rings (SSSR count). The van der Waals surface area contributed by atoms with Crippen LogP contribution < -0.4 is 14.8 Å². The Morgan fingerprint density at radius 2 is 2.06 bits per heavy atom. The summed E-state index contributed by atoms with van der Waals surface area (Å²) in [5.41, 5.74) is 0.872. The zero-order chi connectivity index (χ0) is 11.9. The number of hydrogen-bond donors (Lipinski definition) is 1. The van der Waals surface area contributed by atoms with Gasteiger partial charge in [-0.3, -0.25) is 0 Å². The molecule has 92 valence electrons. The van der Waals surface area contributed by atoms with E-state index < -0.39 is 9.84 Å². The Bertz CT molecular complexity index is 540. The number of benzene rings is 1. The third-order valence-corrected chi connectivity index (χ3v) is 4.74. The van der Waals surface area contributed by atoms with Crippen LogP contribution in [0, 0.1) is 0 Å². The predicted molar refractivity (Wildman–Crippen MR) is 63.2 cm³/mol. The van der Waals surface area contributed by atoms with Gasteiger partial charge in [0.2, 0.25) is 6.79 Å². The van der Waals surface area contributed by atoms with Gasteiger partial charge >= 0.3 is 0 Å². The van der Waals surface area contributed by atoms with E-state index >= 15 is 0 Å². The van der Waals surface area contributed by atoms with Crippen LogP contribution in [0.15, 0.2) is 18.2 Å². The van der Waals surface area contributed by atoms with Crippen LogP contribution in [-0.2, 0) is 9.84 Å². The normalized spacial score (nSPS) is 24.8. The van der Waals surface area contributed by atoms with Gasteiger partial charge in [-0.15, -0.1) is 0 Å². The van der Waals surface area contributed by atoms with E-state index in [9.17, 15) is 8.42 Å². The minimum Gasteiger partial charge on any atom is -0.454 e. The van der Waals surface area contributed by atoms with Crippen molar-refractivity contribution in [2.24, 2.45) is 0 Å². The summed E-state index contributed by atoms with van der Waals surface area (Å²) in [6.07, 6.45) is 0.663. The summed E-state index contributed by atoms with van der Waals surface area (Å²) in [7, 11) is -2.85. The van der Waals surface area contributed by atoms with Gasteiger partial charge in [0.25, 0.3) is 0 Å². The molecule has 1 aromatic rings. The Hall–Kier alpha value is -1.43. The van der Waals surface area contributed by atoms with Gasteiger partial charge < -0.3 is 14.8 Å². The van der Waals surface area contributed by atoms with Gasteiger partial charge in [-0.1, -0.05) is 0 Å². The van der Waals surface area contributed by atoms with Crippen molar-refractivity contribution >= 4 is 15.5 Å². The molecule has 2 heterocycles. The number of anilines is 1. The van der Waals surface area contributed by atoms with Crippen LogP contribution in [0.4, 0.5) is 5.69 Å². The molecule has 0 amide bonds. The SMILES string of the molecule is O=S1(=O)CCC(Nc2ccc3c(c2)OCO3)C1. The van der Waals surface area contributed by atoms with Crippen molar-refractivity contribution < 1.29 is 17.9 Å². The first-order valence-electron chi connectivity index (χ1n) is 5.49. The molecular weight excluding hydrogens is 242 g/mol. The molecule has 2 aliphatic rings. The van der Waals surface area contributed by atoms with Gasteiger partial charge in [-0.05, 0) is 18.6 Å². The molecule has 1 saturated heterocycles. The molecule has 0 spiro atoms. The van der Waals surface area contributed by atoms with Gasteiger partial charge in [0.1, 0.15) is 0 Å². The molecule has 2 aliphatic heterocycles. The van der Waals surface area contributed by atoms with Crippen molar-refractivity contribution in [2.75, 3.05) is 23.6 Å². The van der Waals surface area contributed by atoms with Crippen LogP contribution in [0.5, 0.6) is 11.5 Å². The van der Waals surface area contributed by atoms with Crippen molar-refractivity contribution in [2.45, 2.75) is 12.5 Å². The van der Waals surface area contributed by atoms with E-state index in [1.54, 1.807) is 0 Å². The van der Waals surface area contributed by atoms with E-state index in [2.05, 4.69) is 5.32 Å². The molecule has 1 N–H and O–H groups in total. The Balaban J connectivity index is 1.74. The van der Waals surface area contributed by atoms with Crippen LogP contribution >= 0.6 is 0 Å². The zero-order valence-corrected chi connectivity index (χ0v) is 10.00. The van der Waals surface area contributed by atoms with Crippen LogP contribution in [0.2, 0.25) is 0 Å². The van der Waals surface area contributed by atoms with E-state index in [-0.39, 0.29) is 24.3 Å². The summed E-state index contributed by atoms with van der Waals surface area (Å²) >= 11 is 0. The highest BCUT2D eigenvalue weighted by Crippen LogP contribution is 2.34. The summed E-state index contributed by atoms with van der Waals surface area (Å²) < 4.78 is 33.1. The molecule has 5 nitrogen and oxygen atoms in total. The van der Waals surface area contributed by atoms with Gasteiger partial charge in [-0.2, -0.15) is 0 Å². The number of fused-ring (bicyclic) bond motifs is 1. The largest absolute Gasteiger partial charge is 0.454 e.